The maximum atomic E-state index is 12.1. The van der Waals surface area contributed by atoms with Crippen molar-refractivity contribution in [2.24, 2.45) is 0 Å². The maximum Gasteiger partial charge on any atom is 0.335 e. The van der Waals surface area contributed by atoms with E-state index in [1.165, 1.54) is 4.90 Å². The number of carbonyl (C=O) groups excluding carboxylic acids is 1. The topological polar surface area (TPSA) is 60.9 Å². The predicted octanol–water partition coefficient (Wildman–Crippen LogP) is 1.39. The monoisotopic (exact) mass is 258 g/mol. The van der Waals surface area contributed by atoms with E-state index in [2.05, 4.69) is 5.92 Å². The summed E-state index contributed by atoms with van der Waals surface area (Å²) in [5, 5.41) is 8.94. The number of amides is 2. The molecule has 2 rings (SSSR count). The molecule has 0 radical (unpaired) electrons. The molecule has 0 fully saturated rings. The zero-order valence-corrected chi connectivity index (χ0v) is 10.6. The molecular formula is C14H14N2O3. The van der Waals surface area contributed by atoms with E-state index in [-0.39, 0.29) is 18.1 Å². The molecule has 19 heavy (non-hydrogen) atoms. The Hall–Kier alpha value is -2.48. The van der Waals surface area contributed by atoms with E-state index in [0.717, 1.165) is 11.1 Å². The lowest BCUT2D eigenvalue weighted by molar-refractivity contribution is 0.0696. The highest BCUT2D eigenvalue weighted by Gasteiger charge is 2.25. The van der Waals surface area contributed by atoms with E-state index in [0.29, 0.717) is 13.1 Å². The van der Waals surface area contributed by atoms with Crippen LogP contribution < -0.4 is 0 Å². The maximum absolute atomic E-state index is 12.1. The third-order valence-electron chi connectivity index (χ3n) is 3.10. The minimum atomic E-state index is -0.961. The van der Waals surface area contributed by atoms with E-state index in [1.54, 1.807) is 30.1 Å². The van der Waals surface area contributed by atoms with Gasteiger partial charge in [0.15, 0.2) is 0 Å². The number of benzene rings is 1. The van der Waals surface area contributed by atoms with Crippen molar-refractivity contribution in [2.45, 2.75) is 13.1 Å². The van der Waals surface area contributed by atoms with Gasteiger partial charge in [-0.3, -0.25) is 0 Å². The Morgan fingerprint density at radius 2 is 2.11 bits per heavy atom. The van der Waals surface area contributed by atoms with E-state index in [1.807, 2.05) is 0 Å². The van der Waals surface area contributed by atoms with Crippen LogP contribution in [0.3, 0.4) is 0 Å². The molecule has 0 bridgehead atoms. The van der Waals surface area contributed by atoms with Crippen LogP contribution in [-0.4, -0.2) is 40.5 Å². The Balaban J connectivity index is 2.14. The van der Waals surface area contributed by atoms with Crippen LogP contribution in [0.25, 0.3) is 0 Å². The van der Waals surface area contributed by atoms with Crippen LogP contribution in [0.15, 0.2) is 18.2 Å². The second kappa shape index (κ2) is 5.02. The lowest BCUT2D eigenvalue weighted by Gasteiger charge is -2.22. The molecule has 1 aromatic rings. The highest BCUT2D eigenvalue weighted by Crippen LogP contribution is 2.24. The Morgan fingerprint density at radius 3 is 2.74 bits per heavy atom. The summed E-state index contributed by atoms with van der Waals surface area (Å²) in [6, 6.07) is 4.78. The van der Waals surface area contributed by atoms with Crippen molar-refractivity contribution < 1.29 is 14.7 Å². The quantitative estimate of drug-likeness (QED) is 0.815. The molecule has 0 aromatic heterocycles. The first-order chi connectivity index (χ1) is 9.02. The molecule has 1 N–H and O–H groups in total. The molecule has 0 unspecified atom stereocenters. The molecule has 1 aliphatic heterocycles. The molecule has 0 spiro atoms. The lowest BCUT2D eigenvalue weighted by atomic mass is 10.1. The fraction of sp³-hybridized carbons (Fsp3) is 0.286. The van der Waals surface area contributed by atoms with Gasteiger partial charge in [-0.05, 0) is 23.3 Å². The number of fused-ring (bicyclic) bond motifs is 1. The van der Waals surface area contributed by atoms with Gasteiger partial charge in [0.2, 0.25) is 0 Å². The standard InChI is InChI=1S/C14H14N2O3/c1-3-6-15(2)14(19)16-8-11-5-4-10(13(17)18)7-12(11)9-16/h1,4-5,7H,6,8-9H2,2H3,(H,17,18). The van der Waals surface area contributed by atoms with Crippen molar-refractivity contribution in [1.29, 1.82) is 0 Å². The van der Waals surface area contributed by atoms with Gasteiger partial charge in [0.1, 0.15) is 0 Å². The van der Waals surface area contributed by atoms with E-state index >= 15 is 0 Å². The first-order valence-electron chi connectivity index (χ1n) is 5.81. The summed E-state index contributed by atoms with van der Waals surface area (Å²) in [4.78, 5) is 26.1. The molecule has 2 amide bonds. The minimum Gasteiger partial charge on any atom is -0.478 e. The van der Waals surface area contributed by atoms with Gasteiger partial charge in [0.05, 0.1) is 12.1 Å². The van der Waals surface area contributed by atoms with Crippen molar-refractivity contribution in [3.8, 4) is 12.3 Å². The van der Waals surface area contributed by atoms with Crippen LogP contribution in [0.5, 0.6) is 0 Å². The Bertz CT molecular complexity index is 575. The number of hydrogen-bond acceptors (Lipinski definition) is 2. The number of terminal acetylenes is 1. The van der Waals surface area contributed by atoms with Gasteiger partial charge in [-0.15, -0.1) is 6.42 Å². The number of carboxylic acids is 1. The zero-order valence-electron chi connectivity index (χ0n) is 10.6. The third kappa shape index (κ3) is 2.52. The van der Waals surface area contributed by atoms with E-state index in [9.17, 15) is 9.59 Å². The second-order valence-electron chi connectivity index (χ2n) is 4.49. The summed E-state index contributed by atoms with van der Waals surface area (Å²) in [7, 11) is 1.65. The van der Waals surface area contributed by atoms with Gasteiger partial charge in [-0.25, -0.2) is 9.59 Å². The van der Waals surface area contributed by atoms with E-state index < -0.39 is 5.97 Å². The summed E-state index contributed by atoms with van der Waals surface area (Å²) in [6.07, 6.45) is 5.18. The van der Waals surface area contributed by atoms with Crippen LogP contribution in [0.4, 0.5) is 4.79 Å². The third-order valence-corrected chi connectivity index (χ3v) is 3.10. The van der Waals surface area contributed by atoms with Crippen molar-refractivity contribution in [3.63, 3.8) is 0 Å². The Kier molecular flexibility index (Phi) is 3.43. The number of urea groups is 1. The molecule has 98 valence electrons. The van der Waals surface area contributed by atoms with Crippen LogP contribution in [0, 0.1) is 12.3 Å². The van der Waals surface area contributed by atoms with Gasteiger partial charge in [0, 0.05) is 20.1 Å². The SMILES string of the molecule is C#CCN(C)C(=O)N1Cc2ccc(C(=O)O)cc2C1. The van der Waals surface area contributed by atoms with Crippen LogP contribution in [0.2, 0.25) is 0 Å². The van der Waals surface area contributed by atoms with Crippen molar-refractivity contribution in [3.05, 3.63) is 34.9 Å². The fourth-order valence-electron chi connectivity index (χ4n) is 2.11. The molecule has 0 saturated carbocycles. The minimum absolute atomic E-state index is 0.147. The number of carboxylic acid groups (broad SMARTS) is 1. The van der Waals surface area contributed by atoms with Gasteiger partial charge >= 0.3 is 12.0 Å². The average Bonchev–Trinajstić information content (AvgIpc) is 2.80. The normalized spacial score (nSPS) is 12.7. The molecule has 5 heteroatoms. The highest BCUT2D eigenvalue weighted by atomic mass is 16.4. The number of aromatic carboxylic acids is 1. The van der Waals surface area contributed by atoms with Crippen LogP contribution in [0.1, 0.15) is 21.5 Å². The van der Waals surface area contributed by atoms with E-state index in [4.69, 9.17) is 11.5 Å². The first-order valence-corrected chi connectivity index (χ1v) is 5.81. The van der Waals surface area contributed by atoms with Crippen LogP contribution in [-0.2, 0) is 13.1 Å². The molecule has 0 saturated heterocycles. The largest absolute Gasteiger partial charge is 0.478 e. The molecule has 0 aliphatic carbocycles. The summed E-state index contributed by atoms with van der Waals surface area (Å²) >= 11 is 0. The van der Waals surface area contributed by atoms with Gasteiger partial charge in [-0.2, -0.15) is 0 Å². The van der Waals surface area contributed by atoms with Gasteiger partial charge in [0.25, 0.3) is 0 Å². The van der Waals surface area contributed by atoms with Crippen molar-refractivity contribution >= 4 is 12.0 Å². The van der Waals surface area contributed by atoms with Gasteiger partial charge in [-0.1, -0.05) is 12.0 Å². The molecule has 0 atom stereocenters. The summed E-state index contributed by atoms with van der Waals surface area (Å²) in [5.74, 6) is 1.46. The van der Waals surface area contributed by atoms with Crippen molar-refractivity contribution in [2.75, 3.05) is 13.6 Å². The summed E-state index contributed by atoms with van der Waals surface area (Å²) in [5.41, 5.74) is 2.10. The van der Waals surface area contributed by atoms with Gasteiger partial charge < -0.3 is 14.9 Å². The van der Waals surface area contributed by atoms with Crippen LogP contribution >= 0.6 is 0 Å². The number of hydrogen-bond donors (Lipinski definition) is 1. The summed E-state index contributed by atoms with van der Waals surface area (Å²) < 4.78 is 0. The second-order valence-corrected chi connectivity index (χ2v) is 4.49. The van der Waals surface area contributed by atoms with Crippen molar-refractivity contribution in [1.82, 2.24) is 9.80 Å². The predicted molar refractivity (Wildman–Crippen MR) is 69.5 cm³/mol. The Labute approximate surface area is 111 Å². The Morgan fingerprint density at radius 1 is 1.42 bits per heavy atom. The number of nitrogens with zero attached hydrogens (tertiary/aromatic N) is 2. The highest BCUT2D eigenvalue weighted by molar-refractivity contribution is 5.88. The summed E-state index contributed by atoms with van der Waals surface area (Å²) in [6.45, 7) is 1.17. The fourth-order valence-corrected chi connectivity index (χ4v) is 2.11. The first kappa shape index (κ1) is 13.0. The molecule has 1 aromatic carbocycles. The molecule has 5 nitrogen and oxygen atoms in total. The zero-order chi connectivity index (χ0) is 14.0. The average molecular weight is 258 g/mol. The molecule has 1 heterocycles. The lowest BCUT2D eigenvalue weighted by Crippen LogP contribution is -2.38. The number of carbonyl (C=O) groups is 2. The molecular weight excluding hydrogens is 244 g/mol. The number of rotatable bonds is 2. The smallest absolute Gasteiger partial charge is 0.335 e. The molecule has 1 aliphatic rings.